The maximum Gasteiger partial charge on any atom is 0.126 e. The lowest BCUT2D eigenvalue weighted by atomic mass is 10.1. The van der Waals surface area contributed by atoms with Gasteiger partial charge in [0.1, 0.15) is 5.75 Å². The van der Waals surface area contributed by atoms with E-state index in [9.17, 15) is 0 Å². The van der Waals surface area contributed by atoms with Gasteiger partial charge in [0.05, 0.1) is 6.61 Å². The van der Waals surface area contributed by atoms with Gasteiger partial charge in [-0.3, -0.25) is 0 Å². The fourth-order valence-electron chi connectivity index (χ4n) is 1.91. The lowest BCUT2D eigenvalue weighted by Gasteiger charge is -2.16. The molecule has 3 heteroatoms. The van der Waals surface area contributed by atoms with Gasteiger partial charge in [0.2, 0.25) is 0 Å². The topological polar surface area (TPSA) is 9.23 Å². The summed E-state index contributed by atoms with van der Waals surface area (Å²) in [4.78, 5) is 0. The number of benzene rings is 1. The van der Waals surface area contributed by atoms with E-state index < -0.39 is 0 Å². The Morgan fingerprint density at radius 2 is 2.06 bits per heavy atom. The van der Waals surface area contributed by atoms with Crippen molar-refractivity contribution in [2.75, 3.05) is 6.61 Å². The number of alkyl halides is 1. The summed E-state index contributed by atoms with van der Waals surface area (Å²) in [5, 5.41) is 0.824. The summed E-state index contributed by atoms with van der Waals surface area (Å²) in [6.07, 6.45) is 2.44. The molecule has 17 heavy (non-hydrogen) atoms. The lowest BCUT2D eigenvalue weighted by Crippen LogP contribution is -2.10. The highest BCUT2D eigenvalue weighted by Gasteiger charge is 2.10. The van der Waals surface area contributed by atoms with Crippen molar-refractivity contribution in [1.82, 2.24) is 0 Å². The number of aryl methyl sites for hydroxylation is 1. The number of rotatable bonds is 6. The molecular formula is C14H20Br2O. The third-order valence-corrected chi connectivity index (χ3v) is 3.82. The molecule has 1 aromatic rings. The van der Waals surface area contributed by atoms with Crippen molar-refractivity contribution in [2.24, 2.45) is 5.92 Å². The highest BCUT2D eigenvalue weighted by Crippen LogP contribution is 2.30. The fraction of sp³-hybridized carbons (Fsp3) is 0.571. The van der Waals surface area contributed by atoms with E-state index in [1.807, 2.05) is 0 Å². The van der Waals surface area contributed by atoms with Crippen molar-refractivity contribution in [1.29, 1.82) is 0 Å². The Hall–Kier alpha value is -0.0200. The maximum atomic E-state index is 5.98. The van der Waals surface area contributed by atoms with Crippen LogP contribution in [0, 0.1) is 12.8 Å². The molecule has 0 radical (unpaired) electrons. The number of hydrogen-bond donors (Lipinski definition) is 0. The van der Waals surface area contributed by atoms with Crippen molar-refractivity contribution < 1.29 is 4.74 Å². The molecule has 0 heterocycles. The molecule has 0 aromatic heterocycles. The molecule has 0 N–H and O–H groups in total. The van der Waals surface area contributed by atoms with Gasteiger partial charge in [-0.2, -0.15) is 0 Å². The first-order chi connectivity index (χ1) is 8.08. The molecule has 0 amide bonds. The highest BCUT2D eigenvalue weighted by molar-refractivity contribution is 9.10. The predicted octanol–water partition coefficient (Wildman–Crippen LogP) is 5.47. The minimum atomic E-state index is 0.617. The molecule has 0 saturated carbocycles. The van der Waals surface area contributed by atoms with Crippen LogP contribution in [0.5, 0.6) is 5.75 Å². The van der Waals surface area contributed by atoms with Crippen LogP contribution < -0.4 is 4.74 Å². The summed E-state index contributed by atoms with van der Waals surface area (Å²) in [6.45, 7) is 7.35. The standard InChI is InChI=1S/C14H20Br2O/c1-4-5-10(2)9-17-14-11(3)6-13(16)7-12(14)8-15/h6-7,10H,4-5,8-9H2,1-3H3. The van der Waals surface area contributed by atoms with E-state index in [1.54, 1.807) is 0 Å². The van der Waals surface area contributed by atoms with Crippen molar-refractivity contribution >= 4 is 31.9 Å². The monoisotopic (exact) mass is 362 g/mol. The minimum Gasteiger partial charge on any atom is -0.493 e. The van der Waals surface area contributed by atoms with Gasteiger partial charge in [-0.05, 0) is 37.0 Å². The summed E-state index contributed by atoms with van der Waals surface area (Å²) in [5.74, 6) is 1.65. The molecule has 1 unspecified atom stereocenters. The average Bonchev–Trinajstić information content (AvgIpc) is 2.27. The van der Waals surface area contributed by atoms with E-state index in [2.05, 4.69) is 64.8 Å². The molecular weight excluding hydrogens is 344 g/mol. The number of hydrogen-bond acceptors (Lipinski definition) is 1. The second-order valence-corrected chi connectivity index (χ2v) is 6.03. The largest absolute Gasteiger partial charge is 0.493 e. The second kappa shape index (κ2) is 7.42. The Balaban J connectivity index is 2.76. The van der Waals surface area contributed by atoms with Crippen molar-refractivity contribution in [3.8, 4) is 5.75 Å². The predicted molar refractivity (Wildman–Crippen MR) is 81.1 cm³/mol. The first-order valence-corrected chi connectivity index (χ1v) is 7.97. The maximum absolute atomic E-state index is 5.98. The van der Waals surface area contributed by atoms with Crippen molar-refractivity contribution in [3.63, 3.8) is 0 Å². The van der Waals surface area contributed by atoms with Gasteiger partial charge in [-0.25, -0.2) is 0 Å². The van der Waals surface area contributed by atoms with Crippen molar-refractivity contribution in [3.05, 3.63) is 27.7 Å². The normalized spacial score (nSPS) is 12.5. The molecule has 0 aliphatic rings. The zero-order chi connectivity index (χ0) is 12.8. The lowest BCUT2D eigenvalue weighted by molar-refractivity contribution is 0.248. The van der Waals surface area contributed by atoms with E-state index in [-0.39, 0.29) is 0 Å². The molecule has 0 aliphatic heterocycles. The third kappa shape index (κ3) is 4.63. The van der Waals surface area contributed by atoms with Gasteiger partial charge in [-0.1, -0.05) is 52.1 Å². The van der Waals surface area contributed by atoms with Crippen LogP contribution in [-0.4, -0.2) is 6.61 Å². The van der Waals surface area contributed by atoms with Crippen LogP contribution in [0.3, 0.4) is 0 Å². The number of halogens is 2. The molecule has 0 bridgehead atoms. The van der Waals surface area contributed by atoms with Crippen molar-refractivity contribution in [2.45, 2.75) is 38.9 Å². The first-order valence-electron chi connectivity index (χ1n) is 6.06. The van der Waals surface area contributed by atoms with E-state index in [0.717, 1.165) is 22.2 Å². The molecule has 0 fully saturated rings. The minimum absolute atomic E-state index is 0.617. The molecule has 1 rings (SSSR count). The third-order valence-electron chi connectivity index (χ3n) is 2.75. The van der Waals surface area contributed by atoms with Gasteiger partial charge in [0, 0.05) is 15.4 Å². The smallest absolute Gasteiger partial charge is 0.126 e. The first kappa shape index (κ1) is 15.0. The molecule has 1 aromatic carbocycles. The molecule has 1 atom stereocenters. The Labute approximate surface area is 121 Å². The molecule has 0 saturated heterocycles. The molecule has 96 valence electrons. The summed E-state index contributed by atoms with van der Waals surface area (Å²) in [6, 6.07) is 4.22. The zero-order valence-corrected chi connectivity index (χ0v) is 13.9. The van der Waals surface area contributed by atoms with Crippen LogP contribution in [-0.2, 0) is 5.33 Å². The molecule has 0 aliphatic carbocycles. The van der Waals surface area contributed by atoms with Gasteiger partial charge in [0.15, 0.2) is 0 Å². The zero-order valence-electron chi connectivity index (χ0n) is 10.7. The van der Waals surface area contributed by atoms with Gasteiger partial charge >= 0.3 is 0 Å². The van der Waals surface area contributed by atoms with Crippen LogP contribution in [0.1, 0.15) is 37.8 Å². The van der Waals surface area contributed by atoms with Crippen LogP contribution in [0.2, 0.25) is 0 Å². The second-order valence-electron chi connectivity index (χ2n) is 4.55. The van der Waals surface area contributed by atoms with E-state index >= 15 is 0 Å². The number of ether oxygens (including phenoxy) is 1. The van der Waals surface area contributed by atoms with E-state index in [4.69, 9.17) is 4.74 Å². The summed E-state index contributed by atoms with van der Waals surface area (Å²) in [5.41, 5.74) is 2.40. The van der Waals surface area contributed by atoms with Crippen LogP contribution in [0.15, 0.2) is 16.6 Å². The van der Waals surface area contributed by atoms with Crippen LogP contribution in [0.4, 0.5) is 0 Å². The summed E-state index contributed by atoms with van der Waals surface area (Å²) >= 11 is 7.03. The van der Waals surface area contributed by atoms with E-state index in [0.29, 0.717) is 5.92 Å². The average molecular weight is 364 g/mol. The Morgan fingerprint density at radius 3 is 2.65 bits per heavy atom. The fourth-order valence-corrected chi connectivity index (χ4v) is 2.94. The quantitative estimate of drug-likeness (QED) is 0.609. The van der Waals surface area contributed by atoms with E-state index in [1.165, 1.54) is 24.0 Å². The Kier molecular flexibility index (Phi) is 6.57. The summed E-state index contributed by atoms with van der Waals surface area (Å²) in [7, 11) is 0. The molecule has 0 spiro atoms. The Morgan fingerprint density at radius 1 is 1.35 bits per heavy atom. The highest BCUT2D eigenvalue weighted by atomic mass is 79.9. The summed E-state index contributed by atoms with van der Waals surface area (Å²) < 4.78 is 7.09. The van der Waals surface area contributed by atoms with Crippen LogP contribution >= 0.6 is 31.9 Å². The van der Waals surface area contributed by atoms with Crippen LogP contribution in [0.25, 0.3) is 0 Å². The Bertz CT molecular complexity index is 363. The SMILES string of the molecule is CCCC(C)COc1c(C)cc(Br)cc1CBr. The van der Waals surface area contributed by atoms with Gasteiger partial charge in [0.25, 0.3) is 0 Å². The molecule has 1 nitrogen and oxygen atoms in total. The van der Waals surface area contributed by atoms with Gasteiger partial charge in [-0.15, -0.1) is 0 Å². The van der Waals surface area contributed by atoms with Gasteiger partial charge < -0.3 is 4.74 Å².